The van der Waals surface area contributed by atoms with Gasteiger partial charge >= 0.3 is 0 Å². The van der Waals surface area contributed by atoms with Crippen molar-refractivity contribution in [2.75, 3.05) is 6.61 Å². The third-order valence-electron chi connectivity index (χ3n) is 4.07. The van der Waals surface area contributed by atoms with Gasteiger partial charge in [0.2, 0.25) is 5.91 Å². The zero-order chi connectivity index (χ0) is 19.4. The third kappa shape index (κ3) is 4.02. The standard InChI is InChI=1S/C18H20N6O3/c1-4-27-14-7-5-13(6-8-14)17(26)23-22-16(25)9-15-11(2)21-18-19-10-20-24(18)12(15)3/h5-8,10H,4,9H2,1-3H3,(H,22,25)(H,23,26). The largest absolute Gasteiger partial charge is 0.494 e. The number of hydrazine groups is 1. The molecule has 27 heavy (non-hydrogen) atoms. The van der Waals surface area contributed by atoms with E-state index in [0.29, 0.717) is 29.4 Å². The van der Waals surface area contributed by atoms with Gasteiger partial charge in [0.05, 0.1) is 13.0 Å². The summed E-state index contributed by atoms with van der Waals surface area (Å²) in [5.74, 6) is 0.393. The summed E-state index contributed by atoms with van der Waals surface area (Å²) in [6, 6.07) is 6.66. The molecule has 2 N–H and O–H groups in total. The number of fused-ring (bicyclic) bond motifs is 1. The zero-order valence-corrected chi connectivity index (χ0v) is 15.3. The van der Waals surface area contributed by atoms with Gasteiger partial charge in [0, 0.05) is 22.5 Å². The minimum absolute atomic E-state index is 0.0595. The Morgan fingerprint density at radius 1 is 1.15 bits per heavy atom. The van der Waals surface area contributed by atoms with Crippen molar-refractivity contribution in [1.82, 2.24) is 30.4 Å². The van der Waals surface area contributed by atoms with Gasteiger partial charge in [-0.2, -0.15) is 10.1 Å². The maximum atomic E-state index is 12.2. The van der Waals surface area contributed by atoms with Crippen LogP contribution in [0.15, 0.2) is 30.6 Å². The number of ether oxygens (including phenoxy) is 1. The van der Waals surface area contributed by atoms with Crippen molar-refractivity contribution in [2.45, 2.75) is 27.2 Å². The van der Waals surface area contributed by atoms with Gasteiger partial charge in [-0.1, -0.05) is 0 Å². The second-order valence-electron chi connectivity index (χ2n) is 5.87. The Balaban J connectivity index is 1.62. The van der Waals surface area contributed by atoms with Crippen LogP contribution in [0.1, 0.15) is 34.2 Å². The van der Waals surface area contributed by atoms with Crippen LogP contribution in [0.5, 0.6) is 5.75 Å². The second-order valence-corrected chi connectivity index (χ2v) is 5.87. The van der Waals surface area contributed by atoms with Crippen molar-refractivity contribution in [2.24, 2.45) is 0 Å². The van der Waals surface area contributed by atoms with Crippen LogP contribution in [0.2, 0.25) is 0 Å². The van der Waals surface area contributed by atoms with Crippen LogP contribution in [-0.2, 0) is 11.2 Å². The highest BCUT2D eigenvalue weighted by atomic mass is 16.5. The molecule has 0 saturated heterocycles. The monoisotopic (exact) mass is 368 g/mol. The topological polar surface area (TPSA) is 111 Å². The molecule has 2 amide bonds. The van der Waals surface area contributed by atoms with Crippen molar-refractivity contribution in [1.29, 1.82) is 0 Å². The number of aromatic nitrogens is 4. The minimum Gasteiger partial charge on any atom is -0.494 e. The van der Waals surface area contributed by atoms with Gasteiger partial charge in [-0.25, -0.2) is 9.50 Å². The summed E-state index contributed by atoms with van der Waals surface area (Å²) in [6.07, 6.45) is 1.47. The molecule has 0 aliphatic carbocycles. The van der Waals surface area contributed by atoms with Gasteiger partial charge in [-0.3, -0.25) is 20.4 Å². The predicted molar refractivity (Wildman–Crippen MR) is 97.2 cm³/mol. The maximum Gasteiger partial charge on any atom is 0.269 e. The molecule has 0 aliphatic heterocycles. The molecule has 9 nitrogen and oxygen atoms in total. The van der Waals surface area contributed by atoms with Crippen molar-refractivity contribution >= 4 is 17.6 Å². The van der Waals surface area contributed by atoms with Gasteiger partial charge in [0.1, 0.15) is 12.1 Å². The molecule has 2 aromatic heterocycles. The molecule has 1 aromatic carbocycles. The van der Waals surface area contributed by atoms with E-state index in [4.69, 9.17) is 4.74 Å². The van der Waals surface area contributed by atoms with Gasteiger partial charge in [-0.15, -0.1) is 0 Å². The van der Waals surface area contributed by atoms with E-state index in [1.54, 1.807) is 28.8 Å². The Bertz CT molecular complexity index is 981. The molecule has 0 bridgehead atoms. The molecule has 9 heteroatoms. The average molecular weight is 368 g/mol. The van der Waals surface area contributed by atoms with Crippen molar-refractivity contribution in [3.8, 4) is 5.75 Å². The second kappa shape index (κ2) is 7.81. The number of amides is 2. The molecule has 0 spiro atoms. The minimum atomic E-state index is -0.412. The Morgan fingerprint density at radius 2 is 1.89 bits per heavy atom. The highest BCUT2D eigenvalue weighted by Crippen LogP contribution is 2.14. The van der Waals surface area contributed by atoms with Crippen LogP contribution in [0, 0.1) is 13.8 Å². The van der Waals surface area contributed by atoms with Crippen molar-refractivity contribution in [3.05, 3.63) is 53.1 Å². The Morgan fingerprint density at radius 3 is 2.59 bits per heavy atom. The normalized spacial score (nSPS) is 10.6. The van der Waals surface area contributed by atoms with E-state index in [1.165, 1.54) is 6.33 Å². The molecule has 0 aliphatic rings. The lowest BCUT2D eigenvalue weighted by atomic mass is 10.1. The van der Waals surface area contributed by atoms with E-state index in [1.807, 2.05) is 20.8 Å². The smallest absolute Gasteiger partial charge is 0.269 e. The number of rotatable bonds is 5. The molecule has 3 aromatic rings. The lowest BCUT2D eigenvalue weighted by Gasteiger charge is -2.11. The lowest BCUT2D eigenvalue weighted by Crippen LogP contribution is -2.42. The van der Waals surface area contributed by atoms with E-state index >= 15 is 0 Å². The van der Waals surface area contributed by atoms with Crippen molar-refractivity contribution < 1.29 is 14.3 Å². The summed E-state index contributed by atoms with van der Waals surface area (Å²) in [7, 11) is 0. The first kappa shape index (κ1) is 18.3. The summed E-state index contributed by atoms with van der Waals surface area (Å²) in [6.45, 7) is 6.09. The van der Waals surface area contributed by atoms with Crippen LogP contribution >= 0.6 is 0 Å². The van der Waals surface area contributed by atoms with Gasteiger partial charge < -0.3 is 4.74 Å². The molecule has 0 unspecified atom stereocenters. The highest BCUT2D eigenvalue weighted by molar-refractivity contribution is 5.95. The number of hydrogen-bond acceptors (Lipinski definition) is 6. The molecule has 2 heterocycles. The molecule has 0 saturated carbocycles. The molecule has 0 radical (unpaired) electrons. The van der Waals surface area contributed by atoms with E-state index in [-0.39, 0.29) is 12.3 Å². The number of carbonyl (C=O) groups excluding carboxylic acids is 2. The fraction of sp³-hybridized carbons (Fsp3) is 0.278. The highest BCUT2D eigenvalue weighted by Gasteiger charge is 2.15. The molecule has 0 fully saturated rings. The number of aryl methyl sites for hydroxylation is 2. The number of hydrogen-bond donors (Lipinski definition) is 2. The third-order valence-corrected chi connectivity index (χ3v) is 4.07. The fourth-order valence-corrected chi connectivity index (χ4v) is 2.68. The average Bonchev–Trinajstić information content (AvgIpc) is 3.12. The van der Waals surface area contributed by atoms with E-state index in [2.05, 4.69) is 25.9 Å². The summed E-state index contributed by atoms with van der Waals surface area (Å²) in [5.41, 5.74) is 7.46. The first-order valence-electron chi connectivity index (χ1n) is 8.47. The Labute approximate surface area is 155 Å². The molecule has 3 rings (SSSR count). The Kier molecular flexibility index (Phi) is 5.30. The first-order chi connectivity index (χ1) is 13.0. The number of carbonyl (C=O) groups is 2. The maximum absolute atomic E-state index is 12.2. The lowest BCUT2D eigenvalue weighted by molar-refractivity contribution is -0.121. The van der Waals surface area contributed by atoms with Crippen LogP contribution < -0.4 is 15.6 Å². The summed E-state index contributed by atoms with van der Waals surface area (Å²) >= 11 is 0. The van der Waals surface area contributed by atoms with E-state index in [9.17, 15) is 9.59 Å². The predicted octanol–water partition coefficient (Wildman–Crippen LogP) is 1.14. The van der Waals surface area contributed by atoms with Crippen LogP contribution in [-0.4, -0.2) is 38.0 Å². The summed E-state index contributed by atoms with van der Waals surface area (Å²) in [5, 5.41) is 4.09. The van der Waals surface area contributed by atoms with E-state index in [0.717, 1.165) is 11.3 Å². The summed E-state index contributed by atoms with van der Waals surface area (Å²) in [4.78, 5) is 32.8. The first-order valence-corrected chi connectivity index (χ1v) is 8.47. The quantitative estimate of drug-likeness (QED) is 0.654. The van der Waals surface area contributed by atoms with E-state index < -0.39 is 5.91 Å². The SMILES string of the molecule is CCOc1ccc(C(=O)NNC(=O)Cc2c(C)nc3ncnn3c2C)cc1. The number of nitrogens with zero attached hydrogens (tertiary/aromatic N) is 4. The van der Waals surface area contributed by atoms with Gasteiger partial charge in [0.15, 0.2) is 0 Å². The molecule has 0 atom stereocenters. The molecular weight excluding hydrogens is 348 g/mol. The number of benzene rings is 1. The van der Waals surface area contributed by atoms with Crippen LogP contribution in [0.25, 0.3) is 5.78 Å². The molecular formula is C18H20N6O3. The van der Waals surface area contributed by atoms with Crippen LogP contribution in [0.4, 0.5) is 0 Å². The summed E-state index contributed by atoms with van der Waals surface area (Å²) < 4.78 is 6.91. The Hall–Kier alpha value is -3.49. The van der Waals surface area contributed by atoms with Crippen LogP contribution in [0.3, 0.4) is 0 Å². The number of nitrogens with one attached hydrogen (secondary N) is 2. The van der Waals surface area contributed by atoms with Crippen molar-refractivity contribution in [3.63, 3.8) is 0 Å². The molecule has 140 valence electrons. The van der Waals surface area contributed by atoms with Gasteiger partial charge in [0.25, 0.3) is 11.7 Å². The van der Waals surface area contributed by atoms with Gasteiger partial charge in [-0.05, 0) is 45.0 Å². The zero-order valence-electron chi connectivity index (χ0n) is 15.3. The fourth-order valence-electron chi connectivity index (χ4n) is 2.68.